The minimum atomic E-state index is -0.652. The Morgan fingerprint density at radius 1 is 1.24 bits per heavy atom. The molecule has 3 rings (SSSR count). The van der Waals surface area contributed by atoms with Crippen molar-refractivity contribution in [1.29, 1.82) is 5.26 Å². The van der Waals surface area contributed by atoms with Gasteiger partial charge in [0.25, 0.3) is 5.91 Å². The molecule has 2 aromatic carbocycles. The van der Waals surface area contributed by atoms with Gasteiger partial charge < -0.3 is 14.5 Å². The van der Waals surface area contributed by atoms with E-state index in [9.17, 15) is 9.59 Å². The molecule has 1 N–H and O–H groups in total. The van der Waals surface area contributed by atoms with E-state index in [1.54, 1.807) is 24.3 Å². The molecule has 0 aliphatic heterocycles. The third-order valence-electron chi connectivity index (χ3n) is 3.54. The standard InChI is InChI=1S/C18H11ClN2O4/c1-24-13-3-4-14-10(7-13)8-16(25-18(14)23)17(22)21-15-5-2-12(19)6-11(15)9-20/h2-8H,1H3,(H,21,22). The van der Waals surface area contributed by atoms with E-state index in [4.69, 9.17) is 26.0 Å². The summed E-state index contributed by atoms with van der Waals surface area (Å²) < 4.78 is 10.2. The van der Waals surface area contributed by atoms with E-state index >= 15 is 0 Å². The number of amides is 1. The third-order valence-corrected chi connectivity index (χ3v) is 3.78. The highest BCUT2D eigenvalue weighted by atomic mass is 35.5. The van der Waals surface area contributed by atoms with Crippen LogP contribution in [0.25, 0.3) is 10.8 Å². The first-order chi connectivity index (χ1) is 12.0. The lowest BCUT2D eigenvalue weighted by Gasteiger charge is -2.07. The van der Waals surface area contributed by atoms with E-state index in [0.29, 0.717) is 21.5 Å². The topological polar surface area (TPSA) is 92.3 Å². The van der Waals surface area contributed by atoms with Crippen LogP contribution in [-0.4, -0.2) is 13.0 Å². The predicted molar refractivity (Wildman–Crippen MR) is 93.2 cm³/mol. The Labute approximate surface area is 147 Å². The molecule has 1 aromatic heterocycles. The van der Waals surface area contributed by atoms with E-state index < -0.39 is 11.5 Å². The summed E-state index contributed by atoms with van der Waals surface area (Å²) in [4.78, 5) is 24.5. The van der Waals surface area contributed by atoms with E-state index in [2.05, 4.69) is 5.32 Å². The van der Waals surface area contributed by atoms with E-state index in [1.807, 2.05) is 6.07 Å². The van der Waals surface area contributed by atoms with Crippen molar-refractivity contribution in [2.24, 2.45) is 0 Å². The molecule has 1 heterocycles. The highest BCUT2D eigenvalue weighted by molar-refractivity contribution is 6.30. The Kier molecular flexibility index (Phi) is 4.42. The van der Waals surface area contributed by atoms with Crippen molar-refractivity contribution in [1.82, 2.24) is 0 Å². The largest absolute Gasteiger partial charge is 0.497 e. The fraction of sp³-hybridized carbons (Fsp3) is 0.0556. The number of ether oxygens (including phenoxy) is 1. The zero-order chi connectivity index (χ0) is 18.0. The van der Waals surface area contributed by atoms with Gasteiger partial charge in [0.2, 0.25) is 0 Å². The molecule has 0 saturated heterocycles. The van der Waals surface area contributed by atoms with E-state index in [0.717, 1.165) is 0 Å². The van der Waals surface area contributed by atoms with Crippen molar-refractivity contribution in [3.8, 4) is 11.8 Å². The molecule has 0 atom stereocenters. The van der Waals surface area contributed by atoms with Crippen LogP contribution in [-0.2, 0) is 0 Å². The summed E-state index contributed by atoms with van der Waals surface area (Å²) in [7, 11) is 1.50. The SMILES string of the molecule is COc1ccc2c(=O)oc(C(=O)Nc3ccc(Cl)cc3C#N)cc2c1. The molecule has 0 radical (unpaired) electrons. The molecule has 6 nitrogen and oxygen atoms in total. The smallest absolute Gasteiger partial charge is 0.344 e. The zero-order valence-corrected chi connectivity index (χ0v) is 13.8. The summed E-state index contributed by atoms with van der Waals surface area (Å²) in [5, 5.41) is 12.9. The van der Waals surface area contributed by atoms with Gasteiger partial charge in [-0.1, -0.05) is 11.6 Å². The summed E-state index contributed by atoms with van der Waals surface area (Å²) >= 11 is 5.83. The number of nitriles is 1. The maximum atomic E-state index is 12.4. The number of carbonyl (C=O) groups is 1. The maximum Gasteiger partial charge on any atom is 0.344 e. The van der Waals surface area contributed by atoms with Crippen molar-refractivity contribution < 1.29 is 13.9 Å². The second kappa shape index (κ2) is 6.67. The maximum absolute atomic E-state index is 12.4. The number of nitrogens with one attached hydrogen (secondary N) is 1. The molecule has 25 heavy (non-hydrogen) atoms. The molecule has 0 aliphatic rings. The molecule has 0 unspecified atom stereocenters. The Balaban J connectivity index is 2.00. The first-order valence-electron chi connectivity index (χ1n) is 7.14. The average Bonchev–Trinajstić information content (AvgIpc) is 2.62. The molecule has 0 spiro atoms. The number of hydrogen-bond acceptors (Lipinski definition) is 5. The van der Waals surface area contributed by atoms with Gasteiger partial charge in [0.05, 0.1) is 23.7 Å². The summed E-state index contributed by atoms with van der Waals surface area (Å²) in [6.07, 6.45) is 0. The number of hydrogen-bond donors (Lipinski definition) is 1. The fourth-order valence-electron chi connectivity index (χ4n) is 2.31. The van der Waals surface area contributed by atoms with Gasteiger partial charge in [0.15, 0.2) is 5.76 Å². The number of rotatable bonds is 3. The molecular formula is C18H11ClN2O4. The van der Waals surface area contributed by atoms with Gasteiger partial charge >= 0.3 is 5.63 Å². The van der Waals surface area contributed by atoms with Crippen LogP contribution in [0.1, 0.15) is 16.1 Å². The summed E-state index contributed by atoms with van der Waals surface area (Å²) in [6.45, 7) is 0. The van der Waals surface area contributed by atoms with Crippen LogP contribution in [0, 0.1) is 11.3 Å². The Morgan fingerprint density at radius 2 is 2.04 bits per heavy atom. The lowest BCUT2D eigenvalue weighted by molar-refractivity contribution is 0.0993. The number of nitrogens with zero attached hydrogens (tertiary/aromatic N) is 1. The van der Waals surface area contributed by atoms with Crippen molar-refractivity contribution in [3.63, 3.8) is 0 Å². The van der Waals surface area contributed by atoms with Crippen LogP contribution >= 0.6 is 11.6 Å². The summed E-state index contributed by atoms with van der Waals surface area (Å²) in [5.74, 6) is -0.279. The Morgan fingerprint density at radius 3 is 2.76 bits per heavy atom. The molecule has 3 aromatic rings. The van der Waals surface area contributed by atoms with Crippen LogP contribution in [0.3, 0.4) is 0 Å². The first kappa shape index (κ1) is 16.6. The van der Waals surface area contributed by atoms with Crippen LogP contribution < -0.4 is 15.7 Å². The van der Waals surface area contributed by atoms with Crippen LogP contribution in [0.2, 0.25) is 5.02 Å². The van der Waals surface area contributed by atoms with Gasteiger partial charge in [-0.15, -0.1) is 0 Å². The lowest BCUT2D eigenvalue weighted by atomic mass is 10.1. The van der Waals surface area contributed by atoms with E-state index in [1.165, 1.54) is 25.3 Å². The Hall–Kier alpha value is -3.30. The molecule has 0 saturated carbocycles. The van der Waals surface area contributed by atoms with Crippen molar-refractivity contribution >= 4 is 34.0 Å². The average molecular weight is 355 g/mol. The highest BCUT2D eigenvalue weighted by Gasteiger charge is 2.15. The predicted octanol–water partition coefficient (Wildman–Crippen LogP) is 3.58. The quantitative estimate of drug-likeness (QED) is 0.776. The van der Waals surface area contributed by atoms with E-state index in [-0.39, 0.29) is 17.0 Å². The van der Waals surface area contributed by atoms with Gasteiger partial charge in [0.1, 0.15) is 11.8 Å². The van der Waals surface area contributed by atoms with Crippen LogP contribution in [0.15, 0.2) is 51.7 Å². The van der Waals surface area contributed by atoms with Crippen LogP contribution in [0.4, 0.5) is 5.69 Å². The summed E-state index contributed by atoms with van der Waals surface area (Å²) in [5.41, 5.74) is -0.169. The third kappa shape index (κ3) is 3.32. The second-order valence-electron chi connectivity index (χ2n) is 5.11. The minimum absolute atomic E-state index is 0.176. The molecule has 7 heteroatoms. The van der Waals surface area contributed by atoms with Crippen molar-refractivity contribution in [2.75, 3.05) is 12.4 Å². The molecule has 0 fully saturated rings. The van der Waals surface area contributed by atoms with Gasteiger partial charge in [0, 0.05) is 5.02 Å². The Bertz CT molecular complexity index is 1080. The lowest BCUT2D eigenvalue weighted by Crippen LogP contribution is -2.15. The molecule has 124 valence electrons. The number of methoxy groups -OCH3 is 1. The highest BCUT2D eigenvalue weighted by Crippen LogP contribution is 2.22. The summed E-state index contributed by atoms with van der Waals surface area (Å²) in [6, 6.07) is 12.7. The fourth-order valence-corrected chi connectivity index (χ4v) is 2.48. The van der Waals surface area contributed by atoms with Crippen molar-refractivity contribution in [2.45, 2.75) is 0 Å². The normalized spacial score (nSPS) is 10.3. The molecule has 1 amide bonds. The molecule has 0 aliphatic carbocycles. The van der Waals surface area contributed by atoms with Crippen LogP contribution in [0.5, 0.6) is 5.75 Å². The van der Waals surface area contributed by atoms with Gasteiger partial charge in [-0.05, 0) is 47.9 Å². The van der Waals surface area contributed by atoms with Gasteiger partial charge in [-0.3, -0.25) is 4.79 Å². The minimum Gasteiger partial charge on any atom is -0.497 e. The number of carbonyl (C=O) groups excluding carboxylic acids is 1. The van der Waals surface area contributed by atoms with Crippen molar-refractivity contribution in [3.05, 3.63) is 69.2 Å². The number of anilines is 1. The molecule has 0 bridgehead atoms. The van der Waals surface area contributed by atoms with Gasteiger partial charge in [-0.2, -0.15) is 5.26 Å². The van der Waals surface area contributed by atoms with Gasteiger partial charge in [-0.25, -0.2) is 4.79 Å². The second-order valence-corrected chi connectivity index (χ2v) is 5.54. The number of benzene rings is 2. The number of fused-ring (bicyclic) bond motifs is 1. The monoisotopic (exact) mass is 354 g/mol. The number of halogens is 1. The first-order valence-corrected chi connectivity index (χ1v) is 7.52. The zero-order valence-electron chi connectivity index (χ0n) is 13.0. The molecular weight excluding hydrogens is 344 g/mol.